The number of thiophene rings is 1. The van der Waals surface area contributed by atoms with E-state index in [4.69, 9.17) is 0 Å². The number of carbonyl (C=O) groups excluding carboxylic acids is 2. The summed E-state index contributed by atoms with van der Waals surface area (Å²) >= 11 is 1.13. The standard InChI is InChI=1S/C13H15N3O3S/c1-15(7-9-6-14-16(2)8-9)12(17)10-4-5-11(20-10)13(18)19-3/h4-6,8H,7H2,1-3H3. The lowest BCUT2D eigenvalue weighted by atomic mass is 10.3. The van der Waals surface area contributed by atoms with Gasteiger partial charge < -0.3 is 9.64 Å². The van der Waals surface area contributed by atoms with Crippen LogP contribution in [-0.2, 0) is 18.3 Å². The lowest BCUT2D eigenvalue weighted by Gasteiger charge is -2.14. The first-order valence-corrected chi connectivity index (χ1v) is 6.74. The zero-order chi connectivity index (χ0) is 14.7. The van der Waals surface area contributed by atoms with Crippen LogP contribution in [0.2, 0.25) is 0 Å². The Labute approximate surface area is 120 Å². The molecule has 20 heavy (non-hydrogen) atoms. The van der Waals surface area contributed by atoms with Crippen molar-refractivity contribution >= 4 is 23.2 Å². The minimum Gasteiger partial charge on any atom is -0.465 e. The Hall–Kier alpha value is -2.15. The van der Waals surface area contributed by atoms with E-state index >= 15 is 0 Å². The number of nitrogens with zero attached hydrogens (tertiary/aromatic N) is 3. The molecule has 0 aliphatic rings. The summed E-state index contributed by atoms with van der Waals surface area (Å²) in [6.45, 7) is 0.470. The first kappa shape index (κ1) is 14.3. The smallest absolute Gasteiger partial charge is 0.348 e. The Balaban J connectivity index is 2.06. The molecule has 7 heteroatoms. The van der Waals surface area contributed by atoms with E-state index in [1.807, 2.05) is 13.2 Å². The van der Waals surface area contributed by atoms with Crippen LogP contribution in [-0.4, -0.2) is 40.7 Å². The molecule has 2 aromatic rings. The predicted octanol–water partition coefficient (Wildman–Crippen LogP) is 1.54. The van der Waals surface area contributed by atoms with Gasteiger partial charge in [0.15, 0.2) is 0 Å². The third-order valence-electron chi connectivity index (χ3n) is 2.73. The lowest BCUT2D eigenvalue weighted by molar-refractivity contribution is 0.0606. The molecule has 2 heterocycles. The number of esters is 1. The quantitative estimate of drug-likeness (QED) is 0.802. The van der Waals surface area contributed by atoms with Crippen molar-refractivity contribution < 1.29 is 14.3 Å². The van der Waals surface area contributed by atoms with Gasteiger partial charge in [-0.25, -0.2) is 4.79 Å². The number of carbonyl (C=O) groups is 2. The second-order valence-electron chi connectivity index (χ2n) is 4.34. The maximum absolute atomic E-state index is 12.2. The normalized spacial score (nSPS) is 10.3. The molecule has 0 N–H and O–H groups in total. The van der Waals surface area contributed by atoms with E-state index in [1.54, 1.807) is 35.0 Å². The molecular formula is C13H15N3O3S. The molecule has 106 valence electrons. The summed E-state index contributed by atoms with van der Waals surface area (Å²) in [6.07, 6.45) is 3.58. The monoisotopic (exact) mass is 293 g/mol. The average molecular weight is 293 g/mol. The van der Waals surface area contributed by atoms with E-state index in [0.717, 1.165) is 16.9 Å². The molecule has 0 unspecified atom stereocenters. The summed E-state index contributed by atoms with van der Waals surface area (Å²) in [6, 6.07) is 3.24. The molecule has 2 aromatic heterocycles. The molecule has 6 nitrogen and oxygen atoms in total. The third-order valence-corrected chi connectivity index (χ3v) is 3.78. The van der Waals surface area contributed by atoms with Gasteiger partial charge in [0.25, 0.3) is 5.91 Å². The molecule has 0 aliphatic carbocycles. The van der Waals surface area contributed by atoms with Crippen molar-refractivity contribution in [1.82, 2.24) is 14.7 Å². The molecule has 0 aliphatic heterocycles. The Bertz CT molecular complexity index is 632. The largest absolute Gasteiger partial charge is 0.465 e. The van der Waals surface area contributed by atoms with Crippen LogP contribution in [0, 0.1) is 0 Å². The van der Waals surface area contributed by atoms with Crippen LogP contribution in [0.25, 0.3) is 0 Å². The number of methoxy groups -OCH3 is 1. The Morgan fingerprint density at radius 3 is 2.70 bits per heavy atom. The van der Waals surface area contributed by atoms with Crippen molar-refractivity contribution in [3.8, 4) is 0 Å². The van der Waals surface area contributed by atoms with Crippen molar-refractivity contribution in [2.24, 2.45) is 7.05 Å². The average Bonchev–Trinajstić information content (AvgIpc) is 3.06. The number of rotatable bonds is 4. The fourth-order valence-corrected chi connectivity index (χ4v) is 2.67. The van der Waals surface area contributed by atoms with Gasteiger partial charge in [0.05, 0.1) is 18.2 Å². The summed E-state index contributed by atoms with van der Waals surface area (Å²) in [5.74, 6) is -0.557. The van der Waals surface area contributed by atoms with E-state index in [-0.39, 0.29) is 5.91 Å². The maximum atomic E-state index is 12.2. The van der Waals surface area contributed by atoms with Crippen LogP contribution in [0.3, 0.4) is 0 Å². The van der Waals surface area contributed by atoms with Gasteiger partial charge in [0.2, 0.25) is 0 Å². The van der Waals surface area contributed by atoms with Crippen LogP contribution < -0.4 is 0 Å². The van der Waals surface area contributed by atoms with Crippen LogP contribution in [0.15, 0.2) is 24.5 Å². The molecule has 0 atom stereocenters. The highest BCUT2D eigenvalue weighted by Crippen LogP contribution is 2.19. The van der Waals surface area contributed by atoms with E-state index in [0.29, 0.717) is 16.3 Å². The van der Waals surface area contributed by atoms with E-state index in [9.17, 15) is 9.59 Å². The maximum Gasteiger partial charge on any atom is 0.348 e. The molecule has 0 bridgehead atoms. The van der Waals surface area contributed by atoms with Gasteiger partial charge in [0.1, 0.15) is 4.88 Å². The van der Waals surface area contributed by atoms with Crippen LogP contribution in [0.1, 0.15) is 24.9 Å². The van der Waals surface area contributed by atoms with Crippen molar-refractivity contribution in [2.75, 3.05) is 14.2 Å². The molecule has 0 spiro atoms. The molecule has 0 radical (unpaired) electrons. The summed E-state index contributed by atoms with van der Waals surface area (Å²) in [4.78, 5) is 26.1. The molecule has 1 amide bonds. The van der Waals surface area contributed by atoms with Gasteiger partial charge in [-0.2, -0.15) is 5.10 Å². The highest BCUT2D eigenvalue weighted by Gasteiger charge is 2.17. The summed E-state index contributed by atoms with van der Waals surface area (Å²) < 4.78 is 6.31. The van der Waals surface area contributed by atoms with Gasteiger partial charge in [-0.3, -0.25) is 9.48 Å². The molecule has 0 saturated carbocycles. The number of hydrogen-bond donors (Lipinski definition) is 0. The van der Waals surface area contributed by atoms with Gasteiger partial charge in [0, 0.05) is 32.4 Å². The van der Waals surface area contributed by atoms with Crippen molar-refractivity contribution in [2.45, 2.75) is 6.54 Å². The zero-order valence-electron chi connectivity index (χ0n) is 11.5. The van der Waals surface area contributed by atoms with Gasteiger partial charge in [-0.05, 0) is 12.1 Å². The molecule has 0 aromatic carbocycles. The molecular weight excluding hydrogens is 278 g/mol. The van der Waals surface area contributed by atoms with Crippen LogP contribution >= 0.6 is 11.3 Å². The highest BCUT2D eigenvalue weighted by atomic mass is 32.1. The predicted molar refractivity (Wildman–Crippen MR) is 74.7 cm³/mol. The molecule has 2 rings (SSSR count). The van der Waals surface area contributed by atoms with E-state index in [1.165, 1.54) is 7.11 Å². The van der Waals surface area contributed by atoms with Crippen molar-refractivity contribution in [3.63, 3.8) is 0 Å². The lowest BCUT2D eigenvalue weighted by Crippen LogP contribution is -2.25. The molecule has 0 saturated heterocycles. The summed E-state index contributed by atoms with van der Waals surface area (Å²) in [5, 5.41) is 4.06. The Kier molecular flexibility index (Phi) is 4.19. The second-order valence-corrected chi connectivity index (χ2v) is 5.42. The van der Waals surface area contributed by atoms with Crippen molar-refractivity contribution in [3.05, 3.63) is 39.8 Å². The van der Waals surface area contributed by atoms with E-state index < -0.39 is 5.97 Å². The van der Waals surface area contributed by atoms with Gasteiger partial charge in [-0.1, -0.05) is 0 Å². The molecule has 0 fully saturated rings. The fourth-order valence-electron chi connectivity index (χ4n) is 1.75. The van der Waals surface area contributed by atoms with Crippen LogP contribution in [0.4, 0.5) is 0 Å². The number of hydrogen-bond acceptors (Lipinski definition) is 5. The Morgan fingerprint density at radius 1 is 1.40 bits per heavy atom. The first-order valence-electron chi connectivity index (χ1n) is 5.92. The van der Waals surface area contributed by atoms with Gasteiger partial charge >= 0.3 is 5.97 Å². The number of aromatic nitrogens is 2. The van der Waals surface area contributed by atoms with E-state index in [2.05, 4.69) is 9.84 Å². The van der Waals surface area contributed by atoms with Gasteiger partial charge in [-0.15, -0.1) is 11.3 Å². The topological polar surface area (TPSA) is 64.4 Å². The summed E-state index contributed by atoms with van der Waals surface area (Å²) in [5.41, 5.74) is 0.952. The zero-order valence-corrected chi connectivity index (χ0v) is 12.3. The van der Waals surface area contributed by atoms with Crippen molar-refractivity contribution in [1.29, 1.82) is 0 Å². The van der Waals surface area contributed by atoms with Crippen LogP contribution in [0.5, 0.6) is 0 Å². The fraction of sp³-hybridized carbons (Fsp3) is 0.308. The minimum atomic E-state index is -0.427. The summed E-state index contributed by atoms with van der Waals surface area (Å²) in [7, 11) is 4.86. The number of aryl methyl sites for hydroxylation is 1. The number of amides is 1. The third kappa shape index (κ3) is 3.05. The first-order chi connectivity index (χ1) is 9.51. The highest BCUT2D eigenvalue weighted by molar-refractivity contribution is 7.15. The minimum absolute atomic E-state index is 0.131. The second kappa shape index (κ2) is 5.87. The Morgan fingerprint density at radius 2 is 2.10 bits per heavy atom. The SMILES string of the molecule is COC(=O)c1ccc(C(=O)N(C)Cc2cnn(C)c2)s1. The number of ether oxygens (including phenoxy) is 1.